The predicted molar refractivity (Wildman–Crippen MR) is 87.3 cm³/mol. The number of amides is 1. The Bertz CT molecular complexity index is 704. The molecule has 8 heteroatoms. The van der Waals surface area contributed by atoms with E-state index >= 15 is 0 Å². The molecule has 8 nitrogen and oxygen atoms in total. The van der Waals surface area contributed by atoms with Crippen molar-refractivity contribution in [3.63, 3.8) is 0 Å². The number of hydrogen-bond donors (Lipinski definition) is 1. The van der Waals surface area contributed by atoms with Crippen molar-refractivity contribution in [2.45, 2.75) is 32.1 Å². The summed E-state index contributed by atoms with van der Waals surface area (Å²) in [5.41, 5.74) is 0.886. The van der Waals surface area contributed by atoms with E-state index in [9.17, 15) is 4.79 Å². The highest BCUT2D eigenvalue weighted by atomic mass is 16.5. The molecule has 2 aromatic heterocycles. The van der Waals surface area contributed by atoms with Gasteiger partial charge in [-0.1, -0.05) is 11.2 Å². The number of nitrogens with zero attached hydrogens (tertiary/aromatic N) is 2. The van der Waals surface area contributed by atoms with Crippen molar-refractivity contribution in [1.29, 1.82) is 0 Å². The van der Waals surface area contributed by atoms with E-state index in [4.69, 9.17) is 18.7 Å². The van der Waals surface area contributed by atoms with Crippen molar-refractivity contribution >= 4 is 5.91 Å². The zero-order valence-corrected chi connectivity index (χ0v) is 14.2. The monoisotopic (exact) mass is 347 g/mol. The van der Waals surface area contributed by atoms with Gasteiger partial charge in [-0.25, -0.2) is 4.98 Å². The van der Waals surface area contributed by atoms with Crippen LogP contribution in [0.1, 0.15) is 28.2 Å². The standard InChI is InChI=1S/C17H21N3O5/c1-11-12(9-22-2)16(20-25-11)17(21)19-13-6-8-23-10-14(13)24-15-5-3-4-7-18-15/h3-5,7,13-14H,6,8-10H2,1-2H3,(H,19,21)/t13-,14-/m1/s1. The van der Waals surface area contributed by atoms with Gasteiger partial charge in [-0.2, -0.15) is 0 Å². The van der Waals surface area contributed by atoms with Crippen molar-refractivity contribution in [3.8, 4) is 5.88 Å². The van der Waals surface area contributed by atoms with Gasteiger partial charge in [0.15, 0.2) is 5.69 Å². The van der Waals surface area contributed by atoms with E-state index in [2.05, 4.69) is 15.5 Å². The van der Waals surface area contributed by atoms with Gasteiger partial charge < -0.3 is 24.1 Å². The van der Waals surface area contributed by atoms with Crippen LogP contribution in [0.25, 0.3) is 0 Å². The third-order valence-electron chi connectivity index (χ3n) is 4.02. The van der Waals surface area contributed by atoms with Crippen LogP contribution in [0.3, 0.4) is 0 Å². The highest BCUT2D eigenvalue weighted by Crippen LogP contribution is 2.18. The Hall–Kier alpha value is -2.45. The maximum Gasteiger partial charge on any atom is 0.274 e. The number of methoxy groups -OCH3 is 1. The predicted octanol–water partition coefficient (Wildman–Crippen LogP) is 1.49. The van der Waals surface area contributed by atoms with E-state index in [1.54, 1.807) is 26.3 Å². The number of pyridine rings is 1. The summed E-state index contributed by atoms with van der Waals surface area (Å²) in [6.45, 7) is 2.94. The van der Waals surface area contributed by atoms with E-state index in [-0.39, 0.29) is 30.4 Å². The molecule has 1 saturated heterocycles. The molecule has 134 valence electrons. The van der Waals surface area contributed by atoms with Crippen LogP contribution in [0.4, 0.5) is 0 Å². The highest BCUT2D eigenvalue weighted by Gasteiger charge is 2.31. The van der Waals surface area contributed by atoms with Crippen LogP contribution in [0.2, 0.25) is 0 Å². The first-order valence-corrected chi connectivity index (χ1v) is 8.09. The van der Waals surface area contributed by atoms with E-state index < -0.39 is 0 Å². The summed E-state index contributed by atoms with van der Waals surface area (Å²) in [4.78, 5) is 16.8. The Balaban J connectivity index is 1.70. The highest BCUT2D eigenvalue weighted by molar-refractivity contribution is 5.94. The van der Waals surface area contributed by atoms with Gasteiger partial charge in [0.25, 0.3) is 5.91 Å². The third-order valence-corrected chi connectivity index (χ3v) is 4.02. The number of aromatic nitrogens is 2. The number of aryl methyl sites for hydroxylation is 1. The molecule has 0 aromatic carbocycles. The molecule has 1 N–H and O–H groups in total. The van der Waals surface area contributed by atoms with E-state index in [0.29, 0.717) is 36.8 Å². The number of nitrogens with one attached hydrogen (secondary N) is 1. The lowest BCUT2D eigenvalue weighted by molar-refractivity contribution is -0.0153. The fraction of sp³-hybridized carbons (Fsp3) is 0.471. The molecule has 0 bridgehead atoms. The van der Waals surface area contributed by atoms with E-state index in [1.807, 2.05) is 12.1 Å². The first-order valence-electron chi connectivity index (χ1n) is 8.09. The fourth-order valence-corrected chi connectivity index (χ4v) is 2.69. The van der Waals surface area contributed by atoms with Gasteiger partial charge in [-0.15, -0.1) is 0 Å². The van der Waals surface area contributed by atoms with Crippen LogP contribution < -0.4 is 10.1 Å². The average molecular weight is 347 g/mol. The second kappa shape index (κ2) is 8.09. The van der Waals surface area contributed by atoms with Crippen molar-refractivity contribution < 1.29 is 23.5 Å². The van der Waals surface area contributed by atoms with Crippen LogP contribution >= 0.6 is 0 Å². The van der Waals surface area contributed by atoms with Gasteiger partial charge in [-0.05, 0) is 19.4 Å². The van der Waals surface area contributed by atoms with Crippen LogP contribution in [0.15, 0.2) is 28.9 Å². The molecule has 2 atom stereocenters. The molecule has 0 aliphatic carbocycles. The lowest BCUT2D eigenvalue weighted by atomic mass is 10.1. The van der Waals surface area contributed by atoms with Crippen LogP contribution in [0, 0.1) is 6.92 Å². The summed E-state index contributed by atoms with van der Waals surface area (Å²) in [7, 11) is 1.56. The number of rotatable bonds is 6. The summed E-state index contributed by atoms with van der Waals surface area (Å²) in [6.07, 6.45) is 1.97. The molecular weight excluding hydrogens is 326 g/mol. The minimum Gasteiger partial charge on any atom is -0.470 e. The molecule has 3 rings (SSSR count). The Morgan fingerprint density at radius 3 is 3.08 bits per heavy atom. The molecule has 25 heavy (non-hydrogen) atoms. The quantitative estimate of drug-likeness (QED) is 0.846. The number of hydrogen-bond acceptors (Lipinski definition) is 7. The molecule has 1 fully saturated rings. The summed E-state index contributed by atoms with van der Waals surface area (Å²) >= 11 is 0. The molecule has 0 saturated carbocycles. The normalized spacial score (nSPS) is 20.2. The van der Waals surface area contributed by atoms with Crippen molar-refractivity contribution in [2.24, 2.45) is 0 Å². The summed E-state index contributed by atoms with van der Waals surface area (Å²) in [5, 5.41) is 6.83. The molecule has 2 aromatic rings. The van der Waals surface area contributed by atoms with E-state index in [1.165, 1.54) is 0 Å². The number of carbonyl (C=O) groups is 1. The second-order valence-electron chi connectivity index (χ2n) is 5.77. The minimum absolute atomic E-state index is 0.212. The van der Waals surface area contributed by atoms with Crippen LogP contribution in [-0.4, -0.2) is 48.5 Å². The molecular formula is C17H21N3O5. The Morgan fingerprint density at radius 1 is 1.44 bits per heavy atom. The van der Waals surface area contributed by atoms with Gasteiger partial charge in [0.1, 0.15) is 11.9 Å². The van der Waals surface area contributed by atoms with Gasteiger partial charge >= 0.3 is 0 Å². The lowest BCUT2D eigenvalue weighted by Crippen LogP contribution is -2.51. The Labute approximate surface area is 145 Å². The van der Waals surface area contributed by atoms with Crippen LogP contribution in [0.5, 0.6) is 5.88 Å². The molecule has 0 radical (unpaired) electrons. The van der Waals surface area contributed by atoms with Gasteiger partial charge in [-0.3, -0.25) is 4.79 Å². The first-order chi connectivity index (χ1) is 12.2. The number of carbonyl (C=O) groups excluding carboxylic acids is 1. The first kappa shape index (κ1) is 17.4. The van der Waals surface area contributed by atoms with Crippen molar-refractivity contribution in [3.05, 3.63) is 41.4 Å². The Kier molecular flexibility index (Phi) is 5.62. The lowest BCUT2D eigenvalue weighted by Gasteiger charge is -2.31. The summed E-state index contributed by atoms with van der Waals surface area (Å²) in [6, 6.07) is 5.21. The van der Waals surface area contributed by atoms with Gasteiger partial charge in [0, 0.05) is 26.0 Å². The number of ether oxygens (including phenoxy) is 3. The molecule has 1 aliphatic rings. The molecule has 1 aliphatic heterocycles. The zero-order chi connectivity index (χ0) is 17.6. The smallest absolute Gasteiger partial charge is 0.274 e. The molecule has 0 unspecified atom stereocenters. The SMILES string of the molecule is COCc1c(C(=O)N[C@@H]2CCOC[C@H]2Oc2ccccn2)noc1C. The maximum atomic E-state index is 12.6. The average Bonchev–Trinajstić information content (AvgIpc) is 2.99. The van der Waals surface area contributed by atoms with Gasteiger partial charge in [0.2, 0.25) is 5.88 Å². The summed E-state index contributed by atoms with van der Waals surface area (Å²) in [5.74, 6) is 0.750. The van der Waals surface area contributed by atoms with E-state index in [0.717, 1.165) is 0 Å². The van der Waals surface area contributed by atoms with Gasteiger partial charge in [0.05, 0.1) is 24.8 Å². The largest absolute Gasteiger partial charge is 0.470 e. The molecule has 1 amide bonds. The zero-order valence-electron chi connectivity index (χ0n) is 14.2. The maximum absolute atomic E-state index is 12.6. The summed E-state index contributed by atoms with van der Waals surface area (Å²) < 4.78 is 21.6. The minimum atomic E-state index is -0.327. The molecule has 0 spiro atoms. The fourth-order valence-electron chi connectivity index (χ4n) is 2.69. The van der Waals surface area contributed by atoms with Crippen molar-refractivity contribution in [1.82, 2.24) is 15.5 Å². The topological polar surface area (TPSA) is 95.7 Å². The van der Waals surface area contributed by atoms with Crippen LogP contribution in [-0.2, 0) is 16.1 Å². The third kappa shape index (κ3) is 4.15. The second-order valence-corrected chi connectivity index (χ2v) is 5.77. The van der Waals surface area contributed by atoms with Crippen molar-refractivity contribution in [2.75, 3.05) is 20.3 Å². The Morgan fingerprint density at radius 2 is 2.32 bits per heavy atom. The molecule has 3 heterocycles.